The van der Waals surface area contributed by atoms with Crippen molar-refractivity contribution in [3.63, 3.8) is 0 Å². The van der Waals surface area contributed by atoms with Crippen molar-refractivity contribution in [3.05, 3.63) is 33.8 Å². The van der Waals surface area contributed by atoms with E-state index in [1.165, 1.54) is 38.4 Å². The van der Waals surface area contributed by atoms with Crippen molar-refractivity contribution < 1.29 is 9.53 Å². The maximum absolute atomic E-state index is 11.5. The molecule has 21 heavy (non-hydrogen) atoms. The molecule has 116 valence electrons. The highest BCUT2D eigenvalue weighted by Crippen LogP contribution is 2.27. The minimum absolute atomic E-state index is 0.300. The van der Waals surface area contributed by atoms with E-state index in [0.717, 1.165) is 16.3 Å². The molecule has 1 aromatic rings. The minimum atomic E-state index is -0.300. The van der Waals surface area contributed by atoms with Crippen LogP contribution in [-0.2, 0) is 11.3 Å². The number of rotatable bonds is 5. The summed E-state index contributed by atoms with van der Waals surface area (Å²) in [4.78, 5) is 11.5. The SMILES string of the molecule is COC(=O)c1ccc(CNC2CCC(SC)CC2)c(Br)c1. The Hall–Kier alpha value is -0.520. The molecule has 0 radical (unpaired) electrons. The first-order valence-corrected chi connectivity index (χ1v) is 9.35. The fraction of sp³-hybridized carbons (Fsp3) is 0.562. The average molecular weight is 372 g/mol. The van der Waals surface area contributed by atoms with Gasteiger partial charge in [-0.15, -0.1) is 0 Å². The van der Waals surface area contributed by atoms with Crippen molar-refractivity contribution in [2.75, 3.05) is 13.4 Å². The van der Waals surface area contributed by atoms with Crippen LogP contribution >= 0.6 is 27.7 Å². The van der Waals surface area contributed by atoms with Gasteiger partial charge in [0.1, 0.15) is 0 Å². The van der Waals surface area contributed by atoms with Crippen LogP contribution in [0.5, 0.6) is 0 Å². The van der Waals surface area contributed by atoms with E-state index in [1.54, 1.807) is 0 Å². The van der Waals surface area contributed by atoms with Gasteiger partial charge in [-0.2, -0.15) is 11.8 Å². The van der Waals surface area contributed by atoms with Gasteiger partial charge in [0.2, 0.25) is 0 Å². The van der Waals surface area contributed by atoms with Gasteiger partial charge >= 0.3 is 5.97 Å². The Kier molecular flexibility index (Phi) is 6.58. The number of esters is 1. The van der Waals surface area contributed by atoms with Gasteiger partial charge in [0.25, 0.3) is 0 Å². The molecule has 3 nitrogen and oxygen atoms in total. The number of methoxy groups -OCH3 is 1. The number of benzene rings is 1. The van der Waals surface area contributed by atoms with E-state index < -0.39 is 0 Å². The molecule has 0 amide bonds. The largest absolute Gasteiger partial charge is 0.465 e. The number of thioether (sulfide) groups is 1. The van der Waals surface area contributed by atoms with Gasteiger partial charge in [-0.3, -0.25) is 0 Å². The van der Waals surface area contributed by atoms with Crippen molar-refractivity contribution in [2.24, 2.45) is 0 Å². The van der Waals surface area contributed by atoms with Crippen molar-refractivity contribution in [1.82, 2.24) is 5.32 Å². The summed E-state index contributed by atoms with van der Waals surface area (Å²) >= 11 is 5.53. The molecule has 0 heterocycles. The Morgan fingerprint density at radius 1 is 1.38 bits per heavy atom. The monoisotopic (exact) mass is 371 g/mol. The molecule has 1 aliphatic rings. The predicted molar refractivity (Wildman–Crippen MR) is 91.9 cm³/mol. The van der Waals surface area contributed by atoms with Crippen molar-refractivity contribution in [2.45, 2.75) is 43.5 Å². The van der Waals surface area contributed by atoms with Gasteiger partial charge < -0.3 is 10.1 Å². The predicted octanol–water partition coefficient (Wildman–Crippen LogP) is 4.00. The smallest absolute Gasteiger partial charge is 0.337 e. The molecule has 2 rings (SSSR count). The average Bonchev–Trinajstić information content (AvgIpc) is 2.53. The molecule has 0 spiro atoms. The lowest BCUT2D eigenvalue weighted by molar-refractivity contribution is 0.0600. The zero-order valence-corrected chi connectivity index (χ0v) is 14.9. The lowest BCUT2D eigenvalue weighted by Crippen LogP contribution is -2.33. The fourth-order valence-electron chi connectivity index (χ4n) is 2.69. The second-order valence-corrected chi connectivity index (χ2v) is 7.38. The van der Waals surface area contributed by atoms with E-state index in [9.17, 15) is 4.79 Å². The van der Waals surface area contributed by atoms with Crippen molar-refractivity contribution >= 4 is 33.7 Å². The van der Waals surface area contributed by atoms with Crippen LogP contribution in [-0.4, -0.2) is 30.6 Å². The Morgan fingerprint density at radius 2 is 2.10 bits per heavy atom. The zero-order chi connectivity index (χ0) is 15.2. The highest BCUT2D eigenvalue weighted by atomic mass is 79.9. The molecule has 0 saturated heterocycles. The summed E-state index contributed by atoms with van der Waals surface area (Å²) in [7, 11) is 1.40. The summed E-state index contributed by atoms with van der Waals surface area (Å²) in [5, 5.41) is 4.47. The molecule has 1 saturated carbocycles. The molecule has 0 aromatic heterocycles. The molecule has 1 aromatic carbocycles. The quantitative estimate of drug-likeness (QED) is 0.793. The fourth-order valence-corrected chi connectivity index (χ4v) is 3.95. The molecule has 1 aliphatic carbocycles. The standard InChI is InChI=1S/C16H22BrNO2S/c1-20-16(19)11-3-4-12(15(17)9-11)10-18-13-5-7-14(21-2)8-6-13/h3-4,9,13-14,18H,5-8,10H2,1-2H3. The first-order chi connectivity index (χ1) is 10.1. The van der Waals surface area contributed by atoms with Crippen LogP contribution in [0.3, 0.4) is 0 Å². The summed E-state index contributed by atoms with van der Waals surface area (Å²) in [6.07, 6.45) is 7.33. The van der Waals surface area contributed by atoms with E-state index in [2.05, 4.69) is 27.5 Å². The third-order valence-electron chi connectivity index (χ3n) is 4.06. The summed E-state index contributed by atoms with van der Waals surface area (Å²) in [5.74, 6) is -0.300. The highest BCUT2D eigenvalue weighted by Gasteiger charge is 2.20. The van der Waals surface area contributed by atoms with E-state index in [-0.39, 0.29) is 5.97 Å². The van der Waals surface area contributed by atoms with Crippen molar-refractivity contribution in [3.8, 4) is 0 Å². The van der Waals surface area contributed by atoms with Crippen LogP contribution in [0.25, 0.3) is 0 Å². The number of ether oxygens (including phenoxy) is 1. The lowest BCUT2D eigenvalue weighted by Gasteiger charge is -2.28. The van der Waals surface area contributed by atoms with Crippen molar-refractivity contribution in [1.29, 1.82) is 0 Å². The maximum Gasteiger partial charge on any atom is 0.337 e. The first kappa shape index (κ1) is 16.8. The van der Waals surface area contributed by atoms with E-state index in [0.29, 0.717) is 11.6 Å². The molecule has 0 aliphatic heterocycles. The molecule has 5 heteroatoms. The number of carbonyl (C=O) groups is 1. The highest BCUT2D eigenvalue weighted by molar-refractivity contribution is 9.10. The number of hydrogen-bond acceptors (Lipinski definition) is 4. The van der Waals surface area contributed by atoms with E-state index in [4.69, 9.17) is 4.74 Å². The summed E-state index contributed by atoms with van der Waals surface area (Å²) in [5.41, 5.74) is 1.75. The molecule has 0 unspecified atom stereocenters. The lowest BCUT2D eigenvalue weighted by atomic mass is 9.95. The molecular weight excluding hydrogens is 350 g/mol. The maximum atomic E-state index is 11.5. The van der Waals surface area contributed by atoms with Crippen LogP contribution in [0, 0.1) is 0 Å². The number of carbonyl (C=O) groups excluding carboxylic acids is 1. The number of hydrogen-bond donors (Lipinski definition) is 1. The van der Waals surface area contributed by atoms with Crippen LogP contribution < -0.4 is 5.32 Å². The molecule has 0 atom stereocenters. The van der Waals surface area contributed by atoms with Gasteiger partial charge in [-0.25, -0.2) is 4.79 Å². The zero-order valence-electron chi connectivity index (χ0n) is 12.5. The molecule has 0 bridgehead atoms. The molecular formula is C16H22BrNO2S. The van der Waals surface area contributed by atoms with Crippen LogP contribution in [0.1, 0.15) is 41.6 Å². The molecule has 1 fully saturated rings. The first-order valence-electron chi connectivity index (χ1n) is 7.27. The topological polar surface area (TPSA) is 38.3 Å². The third kappa shape index (κ3) is 4.73. The van der Waals surface area contributed by atoms with Gasteiger partial charge in [0.05, 0.1) is 12.7 Å². The Labute approximate surface area is 139 Å². The van der Waals surface area contributed by atoms with Gasteiger partial charge in [0, 0.05) is 22.3 Å². The number of halogens is 1. The number of nitrogens with one attached hydrogen (secondary N) is 1. The third-order valence-corrected chi connectivity index (χ3v) is 5.94. The van der Waals surface area contributed by atoms with Crippen LogP contribution in [0.4, 0.5) is 0 Å². The normalized spacial score (nSPS) is 22.0. The Morgan fingerprint density at radius 3 is 2.67 bits per heavy atom. The Balaban J connectivity index is 1.87. The summed E-state index contributed by atoms with van der Waals surface area (Å²) in [6, 6.07) is 6.24. The van der Waals surface area contributed by atoms with Gasteiger partial charge in [0.15, 0.2) is 0 Å². The minimum Gasteiger partial charge on any atom is -0.465 e. The summed E-state index contributed by atoms with van der Waals surface area (Å²) < 4.78 is 5.68. The van der Waals surface area contributed by atoms with Crippen LogP contribution in [0.2, 0.25) is 0 Å². The van der Waals surface area contributed by atoms with E-state index in [1.807, 2.05) is 30.0 Å². The second kappa shape index (κ2) is 8.20. The second-order valence-electron chi connectivity index (χ2n) is 5.39. The van der Waals surface area contributed by atoms with E-state index >= 15 is 0 Å². The van der Waals surface area contributed by atoms with Gasteiger partial charge in [-0.05, 0) is 49.6 Å². The summed E-state index contributed by atoms with van der Waals surface area (Å²) in [6.45, 7) is 0.830. The Bertz CT molecular complexity index is 487. The van der Waals surface area contributed by atoms with Crippen LogP contribution in [0.15, 0.2) is 22.7 Å². The molecule has 1 N–H and O–H groups in total. The van der Waals surface area contributed by atoms with Gasteiger partial charge in [-0.1, -0.05) is 22.0 Å².